The minimum absolute atomic E-state index is 0.841. The molecule has 0 aliphatic heterocycles. The SMILES string of the molecule is COc1ccc(-c2cc3cc4cc(-c5ccc(C)cc5)c5ccc6ccoc6c5c4cc3c3c2ccc2ccoc23)cc1. The lowest BCUT2D eigenvalue weighted by Gasteiger charge is -2.16. The Bertz CT molecular complexity index is 2530. The molecule has 204 valence electrons. The Morgan fingerprint density at radius 3 is 1.49 bits per heavy atom. The van der Waals surface area contributed by atoms with E-state index >= 15 is 0 Å². The summed E-state index contributed by atoms with van der Waals surface area (Å²) in [5.41, 5.74) is 7.75. The Morgan fingerprint density at radius 2 is 0.977 bits per heavy atom. The summed E-state index contributed by atoms with van der Waals surface area (Å²) >= 11 is 0. The van der Waals surface area contributed by atoms with Crippen LogP contribution in [0.15, 0.2) is 131 Å². The van der Waals surface area contributed by atoms with Gasteiger partial charge in [0.1, 0.15) is 16.9 Å². The Balaban J connectivity index is 1.46. The molecule has 0 bridgehead atoms. The first kappa shape index (κ1) is 24.1. The molecule has 43 heavy (non-hydrogen) atoms. The summed E-state index contributed by atoms with van der Waals surface area (Å²) in [6, 6.07) is 39.3. The number of aryl methyl sites for hydroxylation is 1. The van der Waals surface area contributed by atoms with Gasteiger partial charge >= 0.3 is 0 Å². The van der Waals surface area contributed by atoms with Gasteiger partial charge in [0.15, 0.2) is 0 Å². The quantitative estimate of drug-likeness (QED) is 0.161. The van der Waals surface area contributed by atoms with Gasteiger partial charge in [0, 0.05) is 21.5 Å². The maximum Gasteiger partial charge on any atom is 0.142 e. The minimum Gasteiger partial charge on any atom is -0.497 e. The van der Waals surface area contributed by atoms with Crippen LogP contribution >= 0.6 is 0 Å². The second-order valence-electron chi connectivity index (χ2n) is 11.4. The number of ether oxygens (including phenoxy) is 1. The van der Waals surface area contributed by atoms with Crippen LogP contribution in [0, 0.1) is 6.92 Å². The lowest BCUT2D eigenvalue weighted by molar-refractivity contribution is 0.415. The molecule has 0 atom stereocenters. The smallest absolute Gasteiger partial charge is 0.142 e. The third-order valence-corrected chi connectivity index (χ3v) is 8.95. The number of rotatable bonds is 3. The molecule has 0 radical (unpaired) electrons. The van der Waals surface area contributed by atoms with Crippen molar-refractivity contribution in [2.24, 2.45) is 0 Å². The zero-order chi connectivity index (χ0) is 28.7. The lowest BCUT2D eigenvalue weighted by atomic mass is 9.88. The number of furan rings is 2. The molecule has 0 aliphatic carbocycles. The summed E-state index contributed by atoms with van der Waals surface area (Å²) in [5.74, 6) is 0.841. The van der Waals surface area contributed by atoms with Crippen LogP contribution in [0.25, 0.3) is 87.3 Å². The molecular formula is C40H26O3. The van der Waals surface area contributed by atoms with Crippen molar-refractivity contribution in [3.8, 4) is 28.0 Å². The van der Waals surface area contributed by atoms with E-state index < -0.39 is 0 Å². The van der Waals surface area contributed by atoms with Crippen LogP contribution in [0.5, 0.6) is 5.75 Å². The fraction of sp³-hybridized carbons (Fsp3) is 0.0500. The molecule has 0 aliphatic rings. The molecule has 0 saturated carbocycles. The highest BCUT2D eigenvalue weighted by Gasteiger charge is 2.18. The van der Waals surface area contributed by atoms with Gasteiger partial charge in [-0.1, -0.05) is 66.2 Å². The number of fused-ring (bicyclic) bond motifs is 10. The topological polar surface area (TPSA) is 35.5 Å². The van der Waals surface area contributed by atoms with Gasteiger partial charge in [0.2, 0.25) is 0 Å². The maximum atomic E-state index is 6.17. The van der Waals surface area contributed by atoms with Gasteiger partial charge in [-0.3, -0.25) is 0 Å². The van der Waals surface area contributed by atoms with Crippen molar-refractivity contribution in [1.29, 1.82) is 0 Å². The van der Waals surface area contributed by atoms with E-state index in [4.69, 9.17) is 13.6 Å². The summed E-state index contributed by atoms with van der Waals surface area (Å²) in [6.45, 7) is 2.13. The molecule has 2 heterocycles. The van der Waals surface area contributed by atoms with Crippen LogP contribution in [0.3, 0.4) is 0 Å². The van der Waals surface area contributed by atoms with E-state index in [0.29, 0.717) is 0 Å². The average Bonchev–Trinajstić information content (AvgIpc) is 3.73. The zero-order valence-electron chi connectivity index (χ0n) is 23.8. The third-order valence-electron chi connectivity index (χ3n) is 8.95. The normalized spacial score (nSPS) is 12.0. The van der Waals surface area contributed by atoms with Gasteiger partial charge in [-0.15, -0.1) is 0 Å². The molecule has 2 aromatic heterocycles. The highest BCUT2D eigenvalue weighted by molar-refractivity contribution is 6.29. The Morgan fingerprint density at radius 1 is 0.465 bits per heavy atom. The summed E-state index contributed by atoms with van der Waals surface area (Å²) in [6.07, 6.45) is 3.57. The van der Waals surface area contributed by atoms with Gasteiger partial charge in [0.05, 0.1) is 19.6 Å². The lowest BCUT2D eigenvalue weighted by Crippen LogP contribution is -1.89. The molecule has 0 spiro atoms. The second-order valence-corrected chi connectivity index (χ2v) is 11.4. The number of methoxy groups -OCH3 is 1. The van der Waals surface area contributed by atoms with Gasteiger partial charge in [0.25, 0.3) is 0 Å². The fourth-order valence-electron chi connectivity index (χ4n) is 6.80. The summed E-state index contributed by atoms with van der Waals surface area (Å²) in [4.78, 5) is 0. The van der Waals surface area contributed by atoms with Crippen molar-refractivity contribution in [2.75, 3.05) is 7.11 Å². The molecule has 3 nitrogen and oxygen atoms in total. The van der Waals surface area contributed by atoms with Gasteiger partial charge in [-0.2, -0.15) is 0 Å². The summed E-state index contributed by atoms with van der Waals surface area (Å²) < 4.78 is 17.8. The van der Waals surface area contributed by atoms with E-state index in [1.807, 2.05) is 24.3 Å². The van der Waals surface area contributed by atoms with Gasteiger partial charge < -0.3 is 13.6 Å². The molecule has 0 amide bonds. The molecule has 7 aromatic carbocycles. The molecule has 0 unspecified atom stereocenters. The van der Waals surface area contributed by atoms with Gasteiger partial charge in [-0.05, 0) is 110 Å². The van der Waals surface area contributed by atoms with E-state index in [2.05, 4.69) is 91.9 Å². The monoisotopic (exact) mass is 554 g/mol. The summed E-state index contributed by atoms with van der Waals surface area (Å²) in [7, 11) is 1.70. The second kappa shape index (κ2) is 8.98. The highest BCUT2D eigenvalue weighted by atomic mass is 16.5. The first-order valence-electron chi connectivity index (χ1n) is 14.5. The Hall–Kier alpha value is -5.54. The van der Waals surface area contributed by atoms with Crippen LogP contribution in [-0.4, -0.2) is 7.11 Å². The minimum atomic E-state index is 0.841. The van der Waals surface area contributed by atoms with E-state index in [-0.39, 0.29) is 0 Å². The molecule has 3 heteroatoms. The predicted molar refractivity (Wildman–Crippen MR) is 178 cm³/mol. The number of hydrogen-bond donors (Lipinski definition) is 0. The van der Waals surface area contributed by atoms with E-state index in [9.17, 15) is 0 Å². The van der Waals surface area contributed by atoms with Crippen molar-refractivity contribution in [1.82, 2.24) is 0 Å². The van der Waals surface area contributed by atoms with E-state index in [1.54, 1.807) is 19.6 Å². The Labute approximate surface area is 247 Å². The molecule has 0 N–H and O–H groups in total. The van der Waals surface area contributed by atoms with E-state index in [1.165, 1.54) is 32.8 Å². The van der Waals surface area contributed by atoms with Crippen LogP contribution in [0.1, 0.15) is 5.56 Å². The largest absolute Gasteiger partial charge is 0.497 e. The zero-order valence-corrected chi connectivity index (χ0v) is 23.8. The number of hydrogen-bond acceptors (Lipinski definition) is 3. The van der Waals surface area contributed by atoms with Crippen LogP contribution in [-0.2, 0) is 0 Å². The number of benzene rings is 7. The van der Waals surface area contributed by atoms with Crippen molar-refractivity contribution >= 4 is 65.0 Å². The van der Waals surface area contributed by atoms with Crippen molar-refractivity contribution in [3.05, 3.63) is 127 Å². The first-order valence-corrected chi connectivity index (χ1v) is 14.5. The fourth-order valence-corrected chi connectivity index (χ4v) is 6.80. The standard InChI is InChI=1S/C40H26O3/c1-23-3-5-24(6-4-23)33-20-28-19-29-21-34(25-7-11-30(41-2)12-8-25)32-14-10-27-16-18-43-40(27)38(32)36(29)22-35(28)37-31(33)13-9-26-15-17-42-39(26)37/h3-22H,1-2H3. The van der Waals surface area contributed by atoms with Gasteiger partial charge in [-0.25, -0.2) is 0 Å². The van der Waals surface area contributed by atoms with Crippen LogP contribution in [0.2, 0.25) is 0 Å². The van der Waals surface area contributed by atoms with E-state index in [0.717, 1.165) is 65.7 Å². The highest BCUT2D eigenvalue weighted by Crippen LogP contribution is 2.44. The third kappa shape index (κ3) is 3.55. The molecule has 9 rings (SSSR count). The molecule has 0 saturated heterocycles. The Kier molecular flexibility index (Phi) is 5.03. The van der Waals surface area contributed by atoms with Crippen molar-refractivity contribution in [3.63, 3.8) is 0 Å². The first-order chi connectivity index (χ1) is 21.2. The maximum absolute atomic E-state index is 6.17. The van der Waals surface area contributed by atoms with Crippen LogP contribution in [0.4, 0.5) is 0 Å². The average molecular weight is 555 g/mol. The molecule has 9 aromatic rings. The molecule has 0 fully saturated rings. The van der Waals surface area contributed by atoms with Crippen molar-refractivity contribution in [2.45, 2.75) is 6.92 Å². The van der Waals surface area contributed by atoms with Crippen LogP contribution < -0.4 is 4.74 Å². The predicted octanol–water partition coefficient (Wildman–Crippen LogP) is 11.4. The molecular weight excluding hydrogens is 528 g/mol. The summed E-state index contributed by atoms with van der Waals surface area (Å²) in [5, 5.41) is 11.4. The van der Waals surface area contributed by atoms with Crippen molar-refractivity contribution < 1.29 is 13.6 Å².